The van der Waals surface area contributed by atoms with E-state index in [9.17, 15) is 4.79 Å². The molecule has 0 radical (unpaired) electrons. The summed E-state index contributed by atoms with van der Waals surface area (Å²) in [7, 11) is 0. The number of carbonyl (C=O) groups excluding carboxylic acids is 1. The maximum Gasteiger partial charge on any atom is 0.240 e. The summed E-state index contributed by atoms with van der Waals surface area (Å²) in [5, 5.41) is 6.60. The van der Waals surface area contributed by atoms with Crippen molar-refractivity contribution in [3.63, 3.8) is 0 Å². The Kier molecular flexibility index (Phi) is 4.54. The molecule has 2 N–H and O–H groups in total. The van der Waals surface area contributed by atoms with Crippen molar-refractivity contribution in [2.45, 2.75) is 71.3 Å². The number of hydrogen-bond acceptors (Lipinski definition) is 2. The molecule has 1 unspecified atom stereocenters. The molecule has 19 heavy (non-hydrogen) atoms. The SMILES string of the molecule is CC(C)CC1(CNC(=O)C2(C)CCCN2)CCCC1. The number of rotatable bonds is 5. The van der Waals surface area contributed by atoms with Gasteiger partial charge in [-0.05, 0) is 56.9 Å². The molecule has 2 rings (SSSR count). The predicted octanol–water partition coefficient (Wildman–Crippen LogP) is 2.85. The van der Waals surface area contributed by atoms with Crippen LogP contribution in [0.5, 0.6) is 0 Å². The van der Waals surface area contributed by atoms with Crippen LogP contribution in [0.3, 0.4) is 0 Å². The highest BCUT2D eigenvalue weighted by molar-refractivity contribution is 5.86. The van der Waals surface area contributed by atoms with E-state index in [1.54, 1.807) is 0 Å². The van der Waals surface area contributed by atoms with Crippen molar-refractivity contribution in [3.8, 4) is 0 Å². The second-order valence-corrected chi connectivity index (χ2v) is 7.35. The van der Waals surface area contributed by atoms with Crippen LogP contribution < -0.4 is 10.6 Å². The topological polar surface area (TPSA) is 41.1 Å². The highest BCUT2D eigenvalue weighted by atomic mass is 16.2. The Morgan fingerprint density at radius 1 is 1.21 bits per heavy atom. The standard InChI is InChI=1S/C16H30N2O/c1-13(2)11-16(8-4-5-9-16)12-17-14(19)15(3)7-6-10-18-15/h13,18H,4-12H2,1-3H3,(H,17,19). The summed E-state index contributed by atoms with van der Waals surface area (Å²) >= 11 is 0. The van der Waals surface area contributed by atoms with Crippen LogP contribution in [0.15, 0.2) is 0 Å². The van der Waals surface area contributed by atoms with Crippen molar-refractivity contribution >= 4 is 5.91 Å². The van der Waals surface area contributed by atoms with E-state index in [1.807, 2.05) is 6.92 Å². The quantitative estimate of drug-likeness (QED) is 0.803. The molecule has 0 aromatic carbocycles. The third-order valence-corrected chi connectivity index (χ3v) is 5.00. The van der Waals surface area contributed by atoms with E-state index in [0.717, 1.165) is 31.8 Å². The third-order valence-electron chi connectivity index (χ3n) is 5.00. The molecule has 0 aromatic rings. The minimum Gasteiger partial charge on any atom is -0.354 e. The van der Waals surface area contributed by atoms with E-state index >= 15 is 0 Å². The Morgan fingerprint density at radius 3 is 2.42 bits per heavy atom. The zero-order chi connectivity index (χ0) is 13.9. The first-order valence-electron chi connectivity index (χ1n) is 7.99. The van der Waals surface area contributed by atoms with Crippen molar-refractivity contribution in [2.24, 2.45) is 11.3 Å². The van der Waals surface area contributed by atoms with Gasteiger partial charge in [-0.3, -0.25) is 4.79 Å². The summed E-state index contributed by atoms with van der Waals surface area (Å²) in [5.41, 5.74) is 0.0520. The van der Waals surface area contributed by atoms with E-state index < -0.39 is 0 Å². The smallest absolute Gasteiger partial charge is 0.240 e. The first kappa shape index (κ1) is 14.8. The molecule has 0 aromatic heterocycles. The van der Waals surface area contributed by atoms with Gasteiger partial charge in [0.25, 0.3) is 0 Å². The van der Waals surface area contributed by atoms with Crippen LogP contribution in [0.2, 0.25) is 0 Å². The fraction of sp³-hybridized carbons (Fsp3) is 0.938. The second-order valence-electron chi connectivity index (χ2n) is 7.35. The van der Waals surface area contributed by atoms with Crippen LogP contribution in [0.4, 0.5) is 0 Å². The normalized spacial score (nSPS) is 29.9. The minimum atomic E-state index is -0.322. The van der Waals surface area contributed by atoms with Crippen LogP contribution in [-0.4, -0.2) is 24.5 Å². The number of carbonyl (C=O) groups is 1. The van der Waals surface area contributed by atoms with Gasteiger partial charge in [0.15, 0.2) is 0 Å². The molecule has 0 spiro atoms. The molecular formula is C16H30N2O. The molecule has 1 saturated carbocycles. The first-order chi connectivity index (χ1) is 8.96. The van der Waals surface area contributed by atoms with Crippen LogP contribution >= 0.6 is 0 Å². The number of amides is 1. The average Bonchev–Trinajstić information content (AvgIpc) is 2.96. The van der Waals surface area contributed by atoms with Crippen LogP contribution in [-0.2, 0) is 4.79 Å². The molecule has 2 aliphatic rings. The lowest BCUT2D eigenvalue weighted by Gasteiger charge is -2.33. The summed E-state index contributed by atoms with van der Waals surface area (Å²) in [5.74, 6) is 0.926. The van der Waals surface area contributed by atoms with Crippen molar-refractivity contribution in [2.75, 3.05) is 13.1 Å². The molecule has 3 nitrogen and oxygen atoms in total. The molecule has 1 heterocycles. The Morgan fingerprint density at radius 2 is 1.89 bits per heavy atom. The maximum absolute atomic E-state index is 12.4. The van der Waals surface area contributed by atoms with Gasteiger partial charge < -0.3 is 10.6 Å². The van der Waals surface area contributed by atoms with Crippen molar-refractivity contribution in [1.29, 1.82) is 0 Å². The van der Waals surface area contributed by atoms with E-state index in [2.05, 4.69) is 24.5 Å². The summed E-state index contributed by atoms with van der Waals surface area (Å²) in [6.07, 6.45) is 8.57. The van der Waals surface area contributed by atoms with Gasteiger partial charge in [-0.1, -0.05) is 26.7 Å². The molecule has 1 atom stereocenters. The second kappa shape index (κ2) is 5.82. The lowest BCUT2D eigenvalue weighted by molar-refractivity contribution is -0.127. The summed E-state index contributed by atoms with van der Waals surface area (Å²) < 4.78 is 0. The van der Waals surface area contributed by atoms with Gasteiger partial charge in [0.2, 0.25) is 5.91 Å². The fourth-order valence-electron chi connectivity index (χ4n) is 4.00. The van der Waals surface area contributed by atoms with E-state index in [-0.39, 0.29) is 11.4 Å². The minimum absolute atomic E-state index is 0.208. The third kappa shape index (κ3) is 3.50. The predicted molar refractivity (Wildman–Crippen MR) is 79.0 cm³/mol. The summed E-state index contributed by atoms with van der Waals surface area (Å²) in [6, 6.07) is 0. The molecule has 1 saturated heterocycles. The molecule has 2 fully saturated rings. The van der Waals surface area contributed by atoms with Crippen molar-refractivity contribution in [3.05, 3.63) is 0 Å². The van der Waals surface area contributed by atoms with Gasteiger partial charge >= 0.3 is 0 Å². The first-order valence-corrected chi connectivity index (χ1v) is 7.99. The zero-order valence-corrected chi connectivity index (χ0v) is 12.8. The number of hydrogen-bond donors (Lipinski definition) is 2. The largest absolute Gasteiger partial charge is 0.354 e. The Labute approximate surface area is 117 Å². The molecule has 0 bridgehead atoms. The van der Waals surface area contributed by atoms with Crippen LogP contribution in [0.25, 0.3) is 0 Å². The van der Waals surface area contributed by atoms with E-state index in [4.69, 9.17) is 0 Å². The zero-order valence-electron chi connectivity index (χ0n) is 12.8. The molecule has 1 aliphatic carbocycles. The Balaban J connectivity index is 1.90. The Hall–Kier alpha value is -0.570. The van der Waals surface area contributed by atoms with Gasteiger partial charge in [-0.15, -0.1) is 0 Å². The average molecular weight is 266 g/mol. The lowest BCUT2D eigenvalue weighted by Crippen LogP contribution is -2.53. The van der Waals surface area contributed by atoms with E-state index in [1.165, 1.54) is 32.1 Å². The monoisotopic (exact) mass is 266 g/mol. The van der Waals surface area contributed by atoms with Crippen molar-refractivity contribution in [1.82, 2.24) is 10.6 Å². The molecule has 110 valence electrons. The van der Waals surface area contributed by atoms with Gasteiger partial charge in [0.1, 0.15) is 0 Å². The molecule has 3 heteroatoms. The summed E-state index contributed by atoms with van der Waals surface area (Å²) in [6.45, 7) is 8.48. The molecule has 1 aliphatic heterocycles. The number of nitrogens with one attached hydrogen (secondary N) is 2. The highest BCUT2D eigenvalue weighted by Gasteiger charge is 2.39. The van der Waals surface area contributed by atoms with Gasteiger partial charge in [0.05, 0.1) is 5.54 Å². The van der Waals surface area contributed by atoms with Crippen molar-refractivity contribution < 1.29 is 4.79 Å². The Bertz CT molecular complexity index is 313. The van der Waals surface area contributed by atoms with Gasteiger partial charge in [-0.25, -0.2) is 0 Å². The highest BCUT2D eigenvalue weighted by Crippen LogP contribution is 2.42. The molecular weight excluding hydrogens is 236 g/mol. The van der Waals surface area contributed by atoms with Crippen LogP contribution in [0, 0.1) is 11.3 Å². The van der Waals surface area contributed by atoms with E-state index in [0.29, 0.717) is 5.41 Å². The van der Waals surface area contributed by atoms with Gasteiger partial charge in [-0.2, -0.15) is 0 Å². The maximum atomic E-state index is 12.4. The van der Waals surface area contributed by atoms with Gasteiger partial charge in [0, 0.05) is 6.54 Å². The fourth-order valence-corrected chi connectivity index (χ4v) is 4.00. The van der Waals surface area contributed by atoms with Crippen LogP contribution in [0.1, 0.15) is 65.7 Å². The summed E-state index contributed by atoms with van der Waals surface area (Å²) in [4.78, 5) is 12.4. The lowest BCUT2D eigenvalue weighted by atomic mass is 9.78. The molecule has 1 amide bonds.